The summed E-state index contributed by atoms with van der Waals surface area (Å²) in [5, 5.41) is 2.79. The zero-order valence-electron chi connectivity index (χ0n) is 7.10. The summed E-state index contributed by atoms with van der Waals surface area (Å²) < 4.78 is 1.36. The molecule has 1 aliphatic rings. The third kappa shape index (κ3) is 1.22. The summed E-state index contributed by atoms with van der Waals surface area (Å²) in [6.07, 6.45) is 4.63. The molecular weight excluding hydrogens is 212 g/mol. The van der Waals surface area contributed by atoms with E-state index in [1.54, 1.807) is 0 Å². The zero-order chi connectivity index (χ0) is 8.55. The Morgan fingerprint density at radius 3 is 2.92 bits per heavy atom. The molecule has 0 heterocycles. The Morgan fingerprint density at radius 2 is 2.17 bits per heavy atom. The van der Waals surface area contributed by atoms with Gasteiger partial charge in [-0.15, -0.1) is 0 Å². The molecule has 62 valence electrons. The van der Waals surface area contributed by atoms with Crippen LogP contribution in [0.15, 0.2) is 18.2 Å². The van der Waals surface area contributed by atoms with E-state index in [1.165, 1.54) is 20.5 Å². The molecule has 1 aliphatic carbocycles. The number of hydrogen-bond donors (Lipinski definition) is 0. The molecule has 0 spiro atoms. The van der Waals surface area contributed by atoms with E-state index in [-0.39, 0.29) is 0 Å². The number of benzene rings is 1. The van der Waals surface area contributed by atoms with Crippen LogP contribution in [0.25, 0.3) is 10.6 Å². The number of hydrogen-bond acceptors (Lipinski definition) is 0. The van der Waals surface area contributed by atoms with Crippen LogP contribution < -0.4 is 10.4 Å². The summed E-state index contributed by atoms with van der Waals surface area (Å²) in [5.41, 5.74) is 1.37. The molecule has 1 heteroatoms. The first-order valence-corrected chi connectivity index (χ1v) is 5.03. The van der Waals surface area contributed by atoms with E-state index >= 15 is 0 Å². The molecule has 2 rings (SSSR count). The number of halogens is 1. The largest absolute Gasteiger partial charge is 0.0763 e. The standard InChI is InChI=1S/C11H11Br/c1-8-4-2-5-9-6-3-7-10(12)11(8)9/h2,4-6H,3,7H2,1H3. The summed E-state index contributed by atoms with van der Waals surface area (Å²) in [6, 6.07) is 6.47. The fourth-order valence-corrected chi connectivity index (χ4v) is 2.48. The minimum absolute atomic E-state index is 1.15. The predicted molar refractivity (Wildman–Crippen MR) is 56.5 cm³/mol. The van der Waals surface area contributed by atoms with Crippen molar-refractivity contribution < 1.29 is 0 Å². The third-order valence-electron chi connectivity index (χ3n) is 2.30. The molecule has 12 heavy (non-hydrogen) atoms. The normalized spacial score (nSPS) is 15.3. The lowest BCUT2D eigenvalue weighted by Crippen LogP contribution is -2.30. The second kappa shape index (κ2) is 3.06. The summed E-state index contributed by atoms with van der Waals surface area (Å²) in [4.78, 5) is 0. The lowest BCUT2D eigenvalue weighted by Gasteiger charge is -2.06. The Balaban J connectivity index is 2.95. The van der Waals surface area contributed by atoms with Gasteiger partial charge in [0.05, 0.1) is 0 Å². The maximum atomic E-state index is 3.63. The number of rotatable bonds is 0. The van der Waals surface area contributed by atoms with Crippen molar-refractivity contribution in [2.45, 2.75) is 19.8 Å². The molecule has 0 amide bonds. The van der Waals surface area contributed by atoms with Crippen LogP contribution in [-0.2, 0) is 0 Å². The summed E-state index contributed by atoms with van der Waals surface area (Å²) in [6.45, 7) is 2.17. The first-order valence-electron chi connectivity index (χ1n) is 4.23. The van der Waals surface area contributed by atoms with Gasteiger partial charge in [0.1, 0.15) is 0 Å². The van der Waals surface area contributed by atoms with Crippen molar-refractivity contribution in [2.75, 3.05) is 0 Å². The molecular formula is C11H11Br. The Hall–Kier alpha value is -0.560. The van der Waals surface area contributed by atoms with Gasteiger partial charge in [0, 0.05) is 4.48 Å². The van der Waals surface area contributed by atoms with Gasteiger partial charge < -0.3 is 0 Å². The van der Waals surface area contributed by atoms with Crippen molar-refractivity contribution in [3.05, 3.63) is 34.2 Å². The molecule has 0 N–H and O–H groups in total. The highest BCUT2D eigenvalue weighted by molar-refractivity contribution is 9.14. The molecule has 0 saturated carbocycles. The van der Waals surface area contributed by atoms with Gasteiger partial charge in [-0.25, -0.2) is 0 Å². The maximum absolute atomic E-state index is 3.63. The SMILES string of the molecule is Cc1cccc2c1=C(Br)CCC=2. The Kier molecular flexibility index (Phi) is 2.05. The van der Waals surface area contributed by atoms with E-state index in [0.717, 1.165) is 12.8 Å². The smallest absolute Gasteiger partial charge is 0.00346 e. The van der Waals surface area contributed by atoms with E-state index in [2.05, 4.69) is 47.1 Å². The van der Waals surface area contributed by atoms with Crippen LogP contribution in [0.3, 0.4) is 0 Å². The quantitative estimate of drug-likeness (QED) is 0.631. The van der Waals surface area contributed by atoms with Crippen molar-refractivity contribution in [3.63, 3.8) is 0 Å². The molecule has 0 bridgehead atoms. The van der Waals surface area contributed by atoms with Crippen molar-refractivity contribution in [3.8, 4) is 0 Å². The maximum Gasteiger partial charge on any atom is 0.00346 e. The second-order valence-electron chi connectivity index (χ2n) is 3.19. The van der Waals surface area contributed by atoms with Crippen molar-refractivity contribution in [1.29, 1.82) is 0 Å². The Morgan fingerprint density at radius 1 is 1.33 bits per heavy atom. The van der Waals surface area contributed by atoms with E-state index in [4.69, 9.17) is 0 Å². The van der Waals surface area contributed by atoms with Crippen molar-refractivity contribution in [1.82, 2.24) is 0 Å². The zero-order valence-corrected chi connectivity index (χ0v) is 8.69. The summed E-state index contributed by atoms with van der Waals surface area (Å²) in [5.74, 6) is 0. The number of aryl methyl sites for hydroxylation is 1. The molecule has 0 radical (unpaired) electrons. The van der Waals surface area contributed by atoms with Gasteiger partial charge in [-0.3, -0.25) is 0 Å². The molecule has 0 saturated heterocycles. The minimum atomic E-state index is 1.15. The Labute approximate surface area is 80.7 Å². The highest BCUT2D eigenvalue weighted by Crippen LogP contribution is 2.14. The highest BCUT2D eigenvalue weighted by Gasteiger charge is 2.02. The second-order valence-corrected chi connectivity index (χ2v) is 4.14. The molecule has 0 nitrogen and oxygen atoms in total. The fourth-order valence-electron chi connectivity index (χ4n) is 1.71. The van der Waals surface area contributed by atoms with Gasteiger partial charge in [-0.2, -0.15) is 0 Å². The lowest BCUT2D eigenvalue weighted by atomic mass is 10.0. The third-order valence-corrected chi connectivity index (χ3v) is 3.10. The first kappa shape index (κ1) is 8.06. The average Bonchev–Trinajstić information content (AvgIpc) is 2.04. The van der Waals surface area contributed by atoms with Crippen LogP contribution in [0.2, 0.25) is 0 Å². The van der Waals surface area contributed by atoms with Crippen molar-refractivity contribution in [2.24, 2.45) is 0 Å². The van der Waals surface area contributed by atoms with E-state index in [9.17, 15) is 0 Å². The van der Waals surface area contributed by atoms with Gasteiger partial charge in [0.15, 0.2) is 0 Å². The average molecular weight is 223 g/mol. The fraction of sp³-hybridized carbons (Fsp3) is 0.273. The molecule has 0 unspecified atom stereocenters. The monoisotopic (exact) mass is 222 g/mol. The molecule has 1 aromatic rings. The molecule has 0 aromatic heterocycles. The Bertz CT molecular complexity index is 415. The number of fused-ring (bicyclic) bond motifs is 1. The van der Waals surface area contributed by atoms with Crippen LogP contribution in [0.1, 0.15) is 18.4 Å². The van der Waals surface area contributed by atoms with E-state index in [0.29, 0.717) is 0 Å². The van der Waals surface area contributed by atoms with Gasteiger partial charge >= 0.3 is 0 Å². The molecule has 0 aliphatic heterocycles. The van der Waals surface area contributed by atoms with Crippen LogP contribution >= 0.6 is 15.9 Å². The molecule has 0 atom stereocenters. The first-order chi connectivity index (χ1) is 5.79. The summed E-state index contributed by atoms with van der Waals surface area (Å²) in [7, 11) is 0. The summed E-state index contributed by atoms with van der Waals surface area (Å²) >= 11 is 3.63. The van der Waals surface area contributed by atoms with Crippen molar-refractivity contribution >= 4 is 26.5 Å². The van der Waals surface area contributed by atoms with Gasteiger partial charge in [-0.05, 0) is 35.8 Å². The van der Waals surface area contributed by atoms with Gasteiger partial charge in [0.25, 0.3) is 0 Å². The highest BCUT2D eigenvalue weighted by atomic mass is 79.9. The van der Waals surface area contributed by atoms with Crippen LogP contribution in [-0.4, -0.2) is 0 Å². The topological polar surface area (TPSA) is 0 Å². The van der Waals surface area contributed by atoms with Gasteiger partial charge in [0.2, 0.25) is 0 Å². The van der Waals surface area contributed by atoms with Crippen LogP contribution in [0, 0.1) is 6.92 Å². The van der Waals surface area contributed by atoms with Gasteiger partial charge in [-0.1, -0.05) is 40.2 Å². The minimum Gasteiger partial charge on any atom is -0.0763 e. The van der Waals surface area contributed by atoms with Crippen LogP contribution in [0.4, 0.5) is 0 Å². The predicted octanol–water partition coefficient (Wildman–Crippen LogP) is 2.07. The van der Waals surface area contributed by atoms with Crippen LogP contribution in [0.5, 0.6) is 0 Å². The lowest BCUT2D eigenvalue weighted by molar-refractivity contribution is 1.10. The van der Waals surface area contributed by atoms with E-state index < -0.39 is 0 Å². The van der Waals surface area contributed by atoms with E-state index in [1.807, 2.05) is 0 Å². The molecule has 1 aromatic carbocycles. The molecule has 0 fully saturated rings.